The van der Waals surface area contributed by atoms with Gasteiger partial charge in [0.05, 0.1) is 4.47 Å². The van der Waals surface area contributed by atoms with Crippen LogP contribution in [0.4, 0.5) is 0 Å². The van der Waals surface area contributed by atoms with Crippen molar-refractivity contribution in [3.8, 4) is 0 Å². The third kappa shape index (κ3) is 1.77. The molecule has 3 nitrogen and oxygen atoms in total. The van der Waals surface area contributed by atoms with E-state index in [0.29, 0.717) is 15.3 Å². The molecule has 0 radical (unpaired) electrons. The fourth-order valence-electron chi connectivity index (χ4n) is 1.22. The van der Waals surface area contributed by atoms with Crippen LogP contribution in [0.15, 0.2) is 16.6 Å². The lowest BCUT2D eigenvalue weighted by molar-refractivity contribution is 0.0645. The Morgan fingerprint density at radius 3 is 2.71 bits per heavy atom. The zero-order chi connectivity index (χ0) is 10.1. The van der Waals surface area contributed by atoms with E-state index in [4.69, 9.17) is 11.6 Å². The molecule has 0 aromatic carbocycles. The van der Waals surface area contributed by atoms with Crippen LogP contribution in [0.3, 0.4) is 0 Å². The van der Waals surface area contributed by atoms with Crippen molar-refractivity contribution in [1.29, 1.82) is 0 Å². The number of hydrogen-bond acceptors (Lipinski definition) is 2. The summed E-state index contributed by atoms with van der Waals surface area (Å²) < 4.78 is 0.708. The van der Waals surface area contributed by atoms with Crippen LogP contribution < -0.4 is 0 Å². The SMILES string of the molecule is O=C(c1ccc(Br)c(Cl)n1)N1CCC1. The molecular formula is C9H8BrClN2O. The van der Waals surface area contributed by atoms with Crippen LogP contribution in [-0.2, 0) is 0 Å². The molecule has 74 valence electrons. The van der Waals surface area contributed by atoms with Gasteiger partial charge in [0.2, 0.25) is 0 Å². The molecule has 14 heavy (non-hydrogen) atoms. The minimum absolute atomic E-state index is 0.0364. The maximum Gasteiger partial charge on any atom is 0.272 e. The highest BCUT2D eigenvalue weighted by Crippen LogP contribution is 2.21. The predicted octanol–water partition coefficient (Wildman–Crippen LogP) is 2.34. The van der Waals surface area contributed by atoms with Gasteiger partial charge in [-0.2, -0.15) is 0 Å². The molecule has 0 bridgehead atoms. The number of aromatic nitrogens is 1. The van der Waals surface area contributed by atoms with Crippen molar-refractivity contribution >= 4 is 33.4 Å². The predicted molar refractivity (Wildman–Crippen MR) is 57.5 cm³/mol. The van der Waals surface area contributed by atoms with E-state index in [-0.39, 0.29) is 5.91 Å². The number of carbonyl (C=O) groups excluding carboxylic acids is 1. The first kappa shape index (κ1) is 9.93. The van der Waals surface area contributed by atoms with Crippen molar-refractivity contribution in [1.82, 2.24) is 9.88 Å². The molecule has 0 spiro atoms. The van der Waals surface area contributed by atoms with Gasteiger partial charge in [-0.1, -0.05) is 11.6 Å². The van der Waals surface area contributed by atoms with Gasteiger partial charge in [-0.25, -0.2) is 4.98 Å². The first-order chi connectivity index (χ1) is 6.68. The van der Waals surface area contributed by atoms with E-state index in [0.717, 1.165) is 19.5 Å². The molecule has 1 aromatic heterocycles. The lowest BCUT2D eigenvalue weighted by atomic mass is 10.2. The fraction of sp³-hybridized carbons (Fsp3) is 0.333. The average Bonchev–Trinajstić information content (AvgIpc) is 2.06. The Morgan fingerprint density at radius 1 is 1.50 bits per heavy atom. The Balaban J connectivity index is 2.23. The molecule has 0 saturated carbocycles. The van der Waals surface area contributed by atoms with Crippen molar-refractivity contribution in [3.05, 3.63) is 27.5 Å². The lowest BCUT2D eigenvalue weighted by Crippen LogP contribution is -2.42. The summed E-state index contributed by atoms with van der Waals surface area (Å²) in [6.45, 7) is 1.66. The van der Waals surface area contributed by atoms with Gasteiger partial charge >= 0.3 is 0 Å². The van der Waals surface area contributed by atoms with Crippen LogP contribution in [0, 0.1) is 0 Å². The first-order valence-electron chi connectivity index (χ1n) is 4.30. The molecule has 1 aliphatic rings. The number of rotatable bonds is 1. The smallest absolute Gasteiger partial charge is 0.272 e. The average molecular weight is 276 g/mol. The normalized spacial score (nSPS) is 15.1. The second-order valence-corrected chi connectivity index (χ2v) is 4.33. The maximum atomic E-state index is 11.7. The summed E-state index contributed by atoms with van der Waals surface area (Å²) in [5.74, 6) is -0.0364. The topological polar surface area (TPSA) is 33.2 Å². The third-order valence-electron chi connectivity index (χ3n) is 2.17. The molecule has 0 atom stereocenters. The summed E-state index contributed by atoms with van der Waals surface area (Å²) in [6, 6.07) is 3.42. The van der Waals surface area contributed by atoms with Crippen molar-refractivity contribution in [2.45, 2.75) is 6.42 Å². The Hall–Kier alpha value is -0.610. The van der Waals surface area contributed by atoms with Gasteiger partial charge in [-0.3, -0.25) is 4.79 Å². The van der Waals surface area contributed by atoms with Gasteiger partial charge < -0.3 is 4.90 Å². The van der Waals surface area contributed by atoms with E-state index in [9.17, 15) is 4.79 Å². The highest BCUT2D eigenvalue weighted by Gasteiger charge is 2.22. The summed E-state index contributed by atoms with van der Waals surface area (Å²) in [4.78, 5) is 17.4. The Morgan fingerprint density at radius 2 is 2.21 bits per heavy atom. The van der Waals surface area contributed by atoms with Crippen LogP contribution in [-0.4, -0.2) is 28.9 Å². The van der Waals surface area contributed by atoms with Gasteiger partial charge in [0.25, 0.3) is 5.91 Å². The molecule has 1 aromatic rings. The summed E-state index contributed by atoms with van der Waals surface area (Å²) >= 11 is 9.02. The summed E-state index contributed by atoms with van der Waals surface area (Å²) in [7, 11) is 0. The molecule has 2 heterocycles. The van der Waals surface area contributed by atoms with E-state index >= 15 is 0 Å². The van der Waals surface area contributed by atoms with Gasteiger partial charge in [-0.15, -0.1) is 0 Å². The van der Waals surface area contributed by atoms with E-state index in [1.54, 1.807) is 17.0 Å². The molecule has 5 heteroatoms. The van der Waals surface area contributed by atoms with Gasteiger partial charge in [0, 0.05) is 13.1 Å². The standard InChI is InChI=1S/C9H8BrClN2O/c10-6-2-3-7(12-8(6)11)9(14)13-4-1-5-13/h2-3H,1,4-5H2. The maximum absolute atomic E-state index is 11.7. The molecule has 0 N–H and O–H groups in total. The second-order valence-electron chi connectivity index (χ2n) is 3.11. The number of pyridine rings is 1. The van der Waals surface area contributed by atoms with E-state index < -0.39 is 0 Å². The van der Waals surface area contributed by atoms with Crippen LogP contribution in [0.25, 0.3) is 0 Å². The number of likely N-dealkylation sites (tertiary alicyclic amines) is 1. The molecule has 0 unspecified atom stereocenters. The number of carbonyl (C=O) groups is 1. The van der Waals surface area contributed by atoms with E-state index in [1.807, 2.05) is 0 Å². The minimum atomic E-state index is -0.0364. The molecule has 1 amide bonds. The highest BCUT2D eigenvalue weighted by atomic mass is 79.9. The van der Waals surface area contributed by atoms with Crippen molar-refractivity contribution in [2.75, 3.05) is 13.1 Å². The molecule has 1 fully saturated rings. The molecule has 2 rings (SSSR count). The van der Waals surface area contributed by atoms with Crippen molar-refractivity contribution in [3.63, 3.8) is 0 Å². The van der Waals surface area contributed by atoms with Crippen LogP contribution in [0.2, 0.25) is 5.15 Å². The Bertz CT molecular complexity index is 379. The van der Waals surface area contributed by atoms with E-state index in [2.05, 4.69) is 20.9 Å². The third-order valence-corrected chi connectivity index (χ3v) is 3.32. The van der Waals surface area contributed by atoms with Gasteiger partial charge in [0.1, 0.15) is 10.8 Å². The summed E-state index contributed by atoms with van der Waals surface area (Å²) in [5, 5.41) is 0.330. The number of amides is 1. The number of halogens is 2. The fourth-order valence-corrected chi connectivity index (χ4v) is 1.59. The minimum Gasteiger partial charge on any atom is -0.337 e. The molecule has 1 aliphatic heterocycles. The first-order valence-corrected chi connectivity index (χ1v) is 5.47. The number of hydrogen-bond donors (Lipinski definition) is 0. The molecule has 0 aliphatic carbocycles. The quantitative estimate of drug-likeness (QED) is 0.737. The van der Waals surface area contributed by atoms with E-state index in [1.165, 1.54) is 0 Å². The van der Waals surface area contributed by atoms with Crippen LogP contribution in [0.5, 0.6) is 0 Å². The van der Waals surface area contributed by atoms with Gasteiger partial charge in [0.15, 0.2) is 0 Å². The second kappa shape index (κ2) is 3.87. The lowest BCUT2D eigenvalue weighted by Gasteiger charge is -2.30. The van der Waals surface area contributed by atoms with Crippen LogP contribution >= 0.6 is 27.5 Å². The Kier molecular flexibility index (Phi) is 2.74. The van der Waals surface area contributed by atoms with Crippen molar-refractivity contribution < 1.29 is 4.79 Å². The Labute approximate surface area is 95.2 Å². The zero-order valence-corrected chi connectivity index (χ0v) is 9.68. The zero-order valence-electron chi connectivity index (χ0n) is 7.33. The number of nitrogens with zero attached hydrogens (tertiary/aromatic N) is 2. The largest absolute Gasteiger partial charge is 0.337 e. The molecule has 1 saturated heterocycles. The van der Waals surface area contributed by atoms with Gasteiger partial charge in [-0.05, 0) is 34.5 Å². The monoisotopic (exact) mass is 274 g/mol. The van der Waals surface area contributed by atoms with Crippen molar-refractivity contribution in [2.24, 2.45) is 0 Å². The van der Waals surface area contributed by atoms with Crippen LogP contribution in [0.1, 0.15) is 16.9 Å². The molecular weight excluding hydrogens is 267 g/mol. The highest BCUT2D eigenvalue weighted by molar-refractivity contribution is 9.10. The summed E-state index contributed by atoms with van der Waals surface area (Å²) in [5.41, 5.74) is 0.415. The summed E-state index contributed by atoms with van der Waals surface area (Å²) in [6.07, 6.45) is 1.08.